The number of imide groups is 1. The van der Waals surface area contributed by atoms with Crippen LogP contribution in [0.15, 0.2) is 22.7 Å². The lowest BCUT2D eigenvalue weighted by atomic mass is 10.2. The Balaban J connectivity index is 1.92. The van der Waals surface area contributed by atoms with E-state index in [9.17, 15) is 14.4 Å². The minimum absolute atomic E-state index is 0.452. The molecule has 0 radical (unpaired) electrons. The number of nitrogens with zero attached hydrogens (tertiary/aromatic N) is 2. The number of amides is 3. The van der Waals surface area contributed by atoms with Crippen LogP contribution in [0, 0.1) is 20.8 Å². The van der Waals surface area contributed by atoms with Crippen LogP contribution < -0.4 is 10.6 Å². The number of rotatable bonds is 7. The summed E-state index contributed by atoms with van der Waals surface area (Å²) in [6, 6.07) is 3.10. The Kier molecular flexibility index (Phi) is 7.14. The second-order valence-corrected chi connectivity index (χ2v) is 6.20. The van der Waals surface area contributed by atoms with Crippen molar-refractivity contribution in [2.45, 2.75) is 34.1 Å². The normalized spacial score (nSPS) is 10.9. The van der Waals surface area contributed by atoms with Crippen molar-refractivity contribution in [3.05, 3.63) is 40.9 Å². The standard InChI is InChI=1S/C19H24N4O5/c1-5-8-20-19(26)21-17(24)11-27-18(25)7-6-15-9-12(2)23(14(15)4)16-10-13(3)28-22-16/h6-7,9-10H,5,8,11H2,1-4H3,(H2,20,21,24,26)/b7-6+. The first-order valence-corrected chi connectivity index (χ1v) is 8.87. The minimum Gasteiger partial charge on any atom is -0.452 e. The largest absolute Gasteiger partial charge is 0.452 e. The van der Waals surface area contributed by atoms with E-state index in [4.69, 9.17) is 9.26 Å². The Morgan fingerprint density at radius 2 is 2.00 bits per heavy atom. The molecular weight excluding hydrogens is 364 g/mol. The van der Waals surface area contributed by atoms with Crippen LogP contribution in [-0.2, 0) is 14.3 Å². The van der Waals surface area contributed by atoms with Crippen LogP contribution in [0.25, 0.3) is 11.9 Å². The van der Waals surface area contributed by atoms with Gasteiger partial charge in [-0.1, -0.05) is 12.1 Å². The molecule has 2 heterocycles. The van der Waals surface area contributed by atoms with Gasteiger partial charge >= 0.3 is 12.0 Å². The van der Waals surface area contributed by atoms with Crippen molar-refractivity contribution in [1.29, 1.82) is 0 Å². The summed E-state index contributed by atoms with van der Waals surface area (Å²) in [5.74, 6) is -0.0290. The van der Waals surface area contributed by atoms with E-state index in [0.717, 1.165) is 23.4 Å². The van der Waals surface area contributed by atoms with Gasteiger partial charge in [0.15, 0.2) is 12.4 Å². The number of aryl methyl sites for hydroxylation is 2. The fraction of sp³-hybridized carbons (Fsp3) is 0.368. The number of hydrogen-bond donors (Lipinski definition) is 2. The zero-order chi connectivity index (χ0) is 20.7. The minimum atomic E-state index is -0.699. The molecule has 2 aromatic heterocycles. The molecule has 0 saturated heterocycles. The lowest BCUT2D eigenvalue weighted by molar-refractivity contribution is -0.143. The topological polar surface area (TPSA) is 115 Å². The first-order valence-electron chi connectivity index (χ1n) is 8.87. The first-order chi connectivity index (χ1) is 13.3. The van der Waals surface area contributed by atoms with Crippen molar-refractivity contribution in [2.75, 3.05) is 13.2 Å². The fourth-order valence-corrected chi connectivity index (χ4v) is 2.56. The van der Waals surface area contributed by atoms with Gasteiger partial charge in [0, 0.05) is 30.1 Å². The highest BCUT2D eigenvalue weighted by molar-refractivity contribution is 5.96. The average molecular weight is 388 g/mol. The predicted octanol–water partition coefficient (Wildman–Crippen LogP) is 2.18. The highest BCUT2D eigenvalue weighted by atomic mass is 16.5. The molecule has 0 spiro atoms. The van der Waals surface area contributed by atoms with Gasteiger partial charge in [0.25, 0.3) is 5.91 Å². The lowest BCUT2D eigenvalue weighted by Crippen LogP contribution is -2.41. The van der Waals surface area contributed by atoms with Crippen molar-refractivity contribution in [3.8, 4) is 5.82 Å². The molecule has 3 amide bonds. The molecule has 0 aliphatic carbocycles. The van der Waals surface area contributed by atoms with E-state index in [1.54, 1.807) is 6.08 Å². The molecule has 0 fully saturated rings. The number of esters is 1. The van der Waals surface area contributed by atoms with E-state index in [-0.39, 0.29) is 0 Å². The zero-order valence-corrected chi connectivity index (χ0v) is 16.4. The Morgan fingerprint density at radius 3 is 2.64 bits per heavy atom. The van der Waals surface area contributed by atoms with Gasteiger partial charge in [-0.25, -0.2) is 9.59 Å². The van der Waals surface area contributed by atoms with E-state index < -0.39 is 24.5 Å². The number of ether oxygens (including phenoxy) is 1. The van der Waals surface area contributed by atoms with Crippen LogP contribution in [-0.4, -0.2) is 40.8 Å². The summed E-state index contributed by atoms with van der Waals surface area (Å²) in [5, 5.41) is 8.56. The van der Waals surface area contributed by atoms with Crippen LogP contribution >= 0.6 is 0 Å². The summed E-state index contributed by atoms with van der Waals surface area (Å²) < 4.78 is 11.9. The Morgan fingerprint density at radius 1 is 1.25 bits per heavy atom. The van der Waals surface area contributed by atoms with Gasteiger partial charge in [0.05, 0.1) is 0 Å². The number of hydrogen-bond acceptors (Lipinski definition) is 6. The number of aromatic nitrogens is 2. The van der Waals surface area contributed by atoms with Crippen molar-refractivity contribution in [3.63, 3.8) is 0 Å². The van der Waals surface area contributed by atoms with Gasteiger partial charge < -0.3 is 14.6 Å². The fourth-order valence-electron chi connectivity index (χ4n) is 2.56. The van der Waals surface area contributed by atoms with Crippen LogP contribution in [0.2, 0.25) is 0 Å². The van der Waals surface area contributed by atoms with Gasteiger partial charge in [0.2, 0.25) is 0 Å². The van der Waals surface area contributed by atoms with Gasteiger partial charge in [-0.15, -0.1) is 0 Å². The van der Waals surface area contributed by atoms with Gasteiger partial charge in [-0.2, -0.15) is 0 Å². The van der Waals surface area contributed by atoms with E-state index >= 15 is 0 Å². The van der Waals surface area contributed by atoms with E-state index in [2.05, 4.69) is 15.8 Å². The molecule has 2 rings (SSSR count). The molecule has 0 saturated carbocycles. The van der Waals surface area contributed by atoms with Crippen LogP contribution in [0.5, 0.6) is 0 Å². The molecule has 2 aromatic rings. The van der Waals surface area contributed by atoms with Crippen LogP contribution in [0.4, 0.5) is 4.79 Å². The molecular formula is C19H24N4O5. The monoisotopic (exact) mass is 388 g/mol. The maximum absolute atomic E-state index is 11.8. The van der Waals surface area contributed by atoms with Gasteiger partial charge in [-0.3, -0.25) is 14.7 Å². The lowest BCUT2D eigenvalue weighted by Gasteiger charge is -2.05. The highest BCUT2D eigenvalue weighted by Crippen LogP contribution is 2.21. The maximum Gasteiger partial charge on any atom is 0.331 e. The van der Waals surface area contributed by atoms with Crippen molar-refractivity contribution in [2.24, 2.45) is 0 Å². The Labute approximate surface area is 162 Å². The quantitative estimate of drug-likeness (QED) is 0.555. The number of carbonyl (C=O) groups excluding carboxylic acids is 3. The third-order valence-electron chi connectivity index (χ3n) is 3.85. The molecule has 0 unspecified atom stereocenters. The first kappa shape index (κ1) is 20.9. The van der Waals surface area contributed by atoms with E-state index in [1.807, 2.05) is 44.4 Å². The summed E-state index contributed by atoms with van der Waals surface area (Å²) in [6.07, 6.45) is 3.57. The molecule has 0 atom stereocenters. The maximum atomic E-state index is 11.8. The molecule has 0 aliphatic rings. The summed E-state index contributed by atoms with van der Waals surface area (Å²) in [5.41, 5.74) is 2.61. The molecule has 150 valence electrons. The Hall–Kier alpha value is -3.36. The van der Waals surface area contributed by atoms with Gasteiger partial charge in [0.1, 0.15) is 5.76 Å². The van der Waals surface area contributed by atoms with E-state index in [1.165, 1.54) is 6.08 Å². The summed E-state index contributed by atoms with van der Waals surface area (Å²) in [4.78, 5) is 34.7. The summed E-state index contributed by atoms with van der Waals surface area (Å²) in [7, 11) is 0. The average Bonchev–Trinajstić information content (AvgIpc) is 3.18. The third kappa shape index (κ3) is 5.57. The smallest absolute Gasteiger partial charge is 0.331 e. The number of nitrogens with one attached hydrogen (secondary N) is 2. The Bertz CT molecular complexity index is 894. The van der Waals surface area contributed by atoms with Crippen LogP contribution in [0.1, 0.15) is 36.1 Å². The van der Waals surface area contributed by atoms with Crippen molar-refractivity contribution in [1.82, 2.24) is 20.4 Å². The van der Waals surface area contributed by atoms with Crippen molar-refractivity contribution >= 4 is 24.0 Å². The third-order valence-corrected chi connectivity index (χ3v) is 3.85. The number of carbonyl (C=O) groups is 3. The predicted molar refractivity (Wildman–Crippen MR) is 102 cm³/mol. The molecule has 0 aliphatic heterocycles. The zero-order valence-electron chi connectivity index (χ0n) is 16.4. The van der Waals surface area contributed by atoms with E-state index in [0.29, 0.717) is 18.1 Å². The molecule has 9 heteroatoms. The van der Waals surface area contributed by atoms with Crippen LogP contribution in [0.3, 0.4) is 0 Å². The molecule has 2 N–H and O–H groups in total. The molecule has 0 bridgehead atoms. The molecule has 0 aromatic carbocycles. The van der Waals surface area contributed by atoms with Crippen molar-refractivity contribution < 1.29 is 23.6 Å². The highest BCUT2D eigenvalue weighted by Gasteiger charge is 2.13. The second kappa shape index (κ2) is 9.54. The molecule has 9 nitrogen and oxygen atoms in total. The summed E-state index contributed by atoms with van der Waals surface area (Å²) >= 11 is 0. The summed E-state index contributed by atoms with van der Waals surface area (Å²) in [6.45, 7) is 7.42. The molecule has 28 heavy (non-hydrogen) atoms. The SMILES string of the molecule is CCCNC(=O)NC(=O)COC(=O)/C=C/c1cc(C)n(-c2cc(C)on2)c1C. The van der Waals surface area contributed by atoms with Gasteiger partial charge in [-0.05, 0) is 44.9 Å². The second-order valence-electron chi connectivity index (χ2n) is 6.20. The number of urea groups is 1.